The van der Waals surface area contributed by atoms with Crippen LogP contribution in [-0.2, 0) is 22.6 Å². The van der Waals surface area contributed by atoms with Gasteiger partial charge in [0, 0.05) is 45.0 Å². The number of hydrogen-bond acceptors (Lipinski definition) is 3. The zero-order chi connectivity index (χ0) is 20.4. The van der Waals surface area contributed by atoms with Gasteiger partial charge in [0.1, 0.15) is 5.41 Å². The fourth-order valence-electron chi connectivity index (χ4n) is 4.32. The number of benzene rings is 2. The molecule has 29 heavy (non-hydrogen) atoms. The molecule has 5 heteroatoms. The van der Waals surface area contributed by atoms with Crippen LogP contribution < -0.4 is 4.90 Å². The number of rotatable bonds is 4. The second-order valence-corrected chi connectivity index (χ2v) is 8.51. The van der Waals surface area contributed by atoms with Crippen molar-refractivity contribution in [2.45, 2.75) is 26.8 Å². The number of fused-ring (bicyclic) bond motifs is 1. The fraction of sp³-hybridized carbons (Fsp3) is 0.417. The van der Waals surface area contributed by atoms with Crippen LogP contribution in [0, 0.1) is 5.41 Å². The molecule has 0 spiro atoms. The van der Waals surface area contributed by atoms with Crippen molar-refractivity contribution in [3.05, 3.63) is 65.7 Å². The molecule has 0 radical (unpaired) electrons. The van der Waals surface area contributed by atoms with E-state index in [0.717, 1.165) is 31.7 Å². The highest BCUT2D eigenvalue weighted by Gasteiger charge is 2.44. The Bertz CT molecular complexity index is 886. The van der Waals surface area contributed by atoms with Gasteiger partial charge in [-0.3, -0.25) is 14.5 Å². The number of piperazine rings is 1. The summed E-state index contributed by atoms with van der Waals surface area (Å²) >= 11 is 0. The average molecular weight is 392 g/mol. The minimum absolute atomic E-state index is 0.0637. The van der Waals surface area contributed by atoms with Gasteiger partial charge in [-0.25, -0.2) is 0 Å². The quantitative estimate of drug-likeness (QED) is 0.753. The van der Waals surface area contributed by atoms with Crippen LogP contribution in [0.1, 0.15) is 25.0 Å². The van der Waals surface area contributed by atoms with E-state index < -0.39 is 5.41 Å². The highest BCUT2D eigenvalue weighted by atomic mass is 16.2. The standard InChI is InChI=1S/C24H29N3O2/c1-24(2,23(29)27-13-12-20-10-6-7-11-21(20)27)22(28)26-16-14-25(15-17-26)18-19-8-4-3-5-9-19/h3-11H,12-18H2,1-2H3. The lowest BCUT2D eigenvalue weighted by molar-refractivity contribution is -0.148. The molecule has 1 fully saturated rings. The molecule has 1 saturated heterocycles. The summed E-state index contributed by atoms with van der Waals surface area (Å²) in [4.78, 5) is 32.6. The normalized spacial score (nSPS) is 17.3. The van der Waals surface area contributed by atoms with Gasteiger partial charge in [0.15, 0.2) is 0 Å². The number of nitrogens with zero attached hydrogens (tertiary/aromatic N) is 3. The van der Waals surface area contributed by atoms with Gasteiger partial charge in [0.25, 0.3) is 0 Å². The maximum absolute atomic E-state index is 13.3. The average Bonchev–Trinajstić information content (AvgIpc) is 3.18. The molecule has 4 rings (SSSR count). The Balaban J connectivity index is 1.38. The van der Waals surface area contributed by atoms with Crippen molar-refractivity contribution < 1.29 is 9.59 Å². The smallest absolute Gasteiger partial charge is 0.242 e. The first-order valence-electron chi connectivity index (χ1n) is 10.4. The van der Waals surface area contributed by atoms with Gasteiger partial charge >= 0.3 is 0 Å². The minimum Gasteiger partial charge on any atom is -0.339 e. The van der Waals surface area contributed by atoms with Crippen LogP contribution in [0.4, 0.5) is 5.69 Å². The van der Waals surface area contributed by atoms with Gasteiger partial charge in [-0.15, -0.1) is 0 Å². The summed E-state index contributed by atoms with van der Waals surface area (Å²) in [6.07, 6.45) is 0.852. The van der Waals surface area contributed by atoms with E-state index in [2.05, 4.69) is 35.2 Å². The Morgan fingerprint density at radius 2 is 1.48 bits per heavy atom. The van der Waals surface area contributed by atoms with Crippen molar-refractivity contribution in [3.8, 4) is 0 Å². The van der Waals surface area contributed by atoms with Crippen molar-refractivity contribution in [3.63, 3.8) is 0 Å². The zero-order valence-corrected chi connectivity index (χ0v) is 17.3. The predicted octanol–water partition coefficient (Wildman–Crippen LogP) is 2.95. The van der Waals surface area contributed by atoms with Crippen LogP contribution in [0.15, 0.2) is 54.6 Å². The van der Waals surface area contributed by atoms with Gasteiger partial charge in [-0.1, -0.05) is 48.5 Å². The molecule has 0 aromatic heterocycles. The highest BCUT2D eigenvalue weighted by Crippen LogP contribution is 2.33. The Labute approximate surface area is 172 Å². The van der Waals surface area contributed by atoms with Crippen LogP contribution in [0.25, 0.3) is 0 Å². The van der Waals surface area contributed by atoms with Crippen molar-refractivity contribution in [2.24, 2.45) is 5.41 Å². The summed E-state index contributed by atoms with van der Waals surface area (Å²) in [6, 6.07) is 18.4. The van der Waals surface area contributed by atoms with Gasteiger partial charge in [-0.2, -0.15) is 0 Å². The molecular formula is C24H29N3O2. The molecule has 2 aromatic rings. The summed E-state index contributed by atoms with van der Waals surface area (Å²) < 4.78 is 0. The molecule has 2 amide bonds. The number of carbonyl (C=O) groups is 2. The van der Waals surface area contributed by atoms with Gasteiger partial charge < -0.3 is 9.80 Å². The highest BCUT2D eigenvalue weighted by molar-refractivity contribution is 6.11. The predicted molar refractivity (Wildman–Crippen MR) is 115 cm³/mol. The van der Waals surface area contributed by atoms with Crippen molar-refractivity contribution >= 4 is 17.5 Å². The van der Waals surface area contributed by atoms with E-state index in [1.165, 1.54) is 11.1 Å². The molecule has 0 N–H and O–H groups in total. The van der Waals surface area contributed by atoms with Crippen LogP contribution in [-0.4, -0.2) is 54.3 Å². The fourth-order valence-corrected chi connectivity index (χ4v) is 4.32. The van der Waals surface area contributed by atoms with E-state index >= 15 is 0 Å². The monoisotopic (exact) mass is 391 g/mol. The Hall–Kier alpha value is -2.66. The van der Waals surface area contributed by atoms with E-state index in [-0.39, 0.29) is 11.8 Å². The van der Waals surface area contributed by atoms with Crippen LogP contribution in [0.3, 0.4) is 0 Å². The lowest BCUT2D eigenvalue weighted by atomic mass is 9.89. The van der Waals surface area contributed by atoms with Gasteiger partial charge in [-0.05, 0) is 37.5 Å². The number of carbonyl (C=O) groups excluding carboxylic acids is 2. The largest absolute Gasteiger partial charge is 0.339 e. The lowest BCUT2D eigenvalue weighted by Gasteiger charge is -2.39. The molecule has 2 aromatic carbocycles. The maximum Gasteiger partial charge on any atom is 0.242 e. The summed E-state index contributed by atoms with van der Waals surface area (Å²) in [6.45, 7) is 8.09. The topological polar surface area (TPSA) is 43.9 Å². The van der Waals surface area contributed by atoms with Gasteiger partial charge in [0.05, 0.1) is 0 Å². The molecular weight excluding hydrogens is 362 g/mol. The third-order valence-electron chi connectivity index (χ3n) is 6.11. The van der Waals surface area contributed by atoms with E-state index in [1.807, 2.05) is 29.2 Å². The molecule has 0 atom stereocenters. The minimum atomic E-state index is -1.06. The Morgan fingerprint density at radius 3 is 2.21 bits per heavy atom. The number of para-hydroxylation sites is 1. The van der Waals surface area contributed by atoms with E-state index in [1.54, 1.807) is 18.7 Å². The molecule has 2 aliphatic heterocycles. The SMILES string of the molecule is CC(C)(C(=O)N1CCN(Cc2ccccc2)CC1)C(=O)N1CCc2ccccc21. The van der Waals surface area contributed by atoms with Crippen LogP contribution in [0.2, 0.25) is 0 Å². The number of hydrogen-bond donors (Lipinski definition) is 0. The van der Waals surface area contributed by atoms with E-state index in [9.17, 15) is 9.59 Å². The second kappa shape index (κ2) is 7.99. The van der Waals surface area contributed by atoms with E-state index in [4.69, 9.17) is 0 Å². The van der Waals surface area contributed by atoms with Crippen LogP contribution in [0.5, 0.6) is 0 Å². The van der Waals surface area contributed by atoms with Gasteiger partial charge in [0.2, 0.25) is 11.8 Å². The molecule has 2 heterocycles. The number of amides is 2. The lowest BCUT2D eigenvalue weighted by Crippen LogP contribution is -2.55. The summed E-state index contributed by atoms with van der Waals surface area (Å²) in [5.41, 5.74) is 2.36. The molecule has 152 valence electrons. The molecule has 0 unspecified atom stereocenters. The first-order valence-corrected chi connectivity index (χ1v) is 10.4. The van der Waals surface area contributed by atoms with Crippen molar-refractivity contribution in [2.75, 3.05) is 37.6 Å². The maximum atomic E-state index is 13.3. The summed E-state index contributed by atoms with van der Waals surface area (Å²) in [5.74, 6) is -0.162. The molecule has 0 saturated carbocycles. The number of anilines is 1. The third kappa shape index (κ3) is 3.92. The second-order valence-electron chi connectivity index (χ2n) is 8.51. The van der Waals surface area contributed by atoms with E-state index in [0.29, 0.717) is 19.6 Å². The zero-order valence-electron chi connectivity index (χ0n) is 17.3. The summed E-state index contributed by atoms with van der Waals surface area (Å²) in [5, 5.41) is 0. The first kappa shape index (κ1) is 19.6. The first-order chi connectivity index (χ1) is 14.0. The molecule has 0 aliphatic carbocycles. The summed E-state index contributed by atoms with van der Waals surface area (Å²) in [7, 11) is 0. The molecule has 0 bridgehead atoms. The third-order valence-corrected chi connectivity index (χ3v) is 6.11. The van der Waals surface area contributed by atoms with Crippen molar-refractivity contribution in [1.29, 1.82) is 0 Å². The van der Waals surface area contributed by atoms with Crippen LogP contribution >= 0.6 is 0 Å². The van der Waals surface area contributed by atoms with Crippen molar-refractivity contribution in [1.82, 2.24) is 9.80 Å². The Morgan fingerprint density at radius 1 is 0.828 bits per heavy atom. The molecule has 5 nitrogen and oxygen atoms in total. The molecule has 2 aliphatic rings. The Kier molecular flexibility index (Phi) is 5.41.